The second-order valence-corrected chi connectivity index (χ2v) is 2.50. The molecule has 2 nitrogen and oxygen atoms in total. The normalized spacial score (nSPS) is 38.2. The molecular formula is C6H10NO. The van der Waals surface area contributed by atoms with Gasteiger partial charge in [-0.3, -0.25) is 0 Å². The average Bonchev–Trinajstić information content (AvgIpc) is 2.12. The molecule has 0 aromatic heterocycles. The van der Waals surface area contributed by atoms with Gasteiger partial charge in [-0.25, -0.2) is 0 Å². The van der Waals surface area contributed by atoms with E-state index in [1.165, 1.54) is 18.9 Å². The van der Waals surface area contributed by atoms with Crippen molar-refractivity contribution in [3.05, 3.63) is 6.04 Å². The van der Waals surface area contributed by atoms with E-state index in [9.17, 15) is 0 Å². The van der Waals surface area contributed by atoms with Crippen LogP contribution in [-0.2, 0) is 4.74 Å². The predicted octanol–water partition coefficient (Wildman–Crippen LogP) is 0.301. The van der Waals surface area contributed by atoms with Crippen LogP contribution in [0, 0.1) is 6.04 Å². The molecule has 0 spiro atoms. The Morgan fingerprint density at radius 2 is 2.62 bits per heavy atom. The summed E-state index contributed by atoms with van der Waals surface area (Å²) in [5, 5.41) is 3.38. The zero-order valence-electron chi connectivity index (χ0n) is 4.81. The van der Waals surface area contributed by atoms with Crippen LogP contribution in [0.3, 0.4) is 0 Å². The summed E-state index contributed by atoms with van der Waals surface area (Å²) in [4.78, 5) is 0. The molecule has 2 rings (SSSR count). The van der Waals surface area contributed by atoms with Gasteiger partial charge in [0.15, 0.2) is 0 Å². The number of hydrogen-bond acceptors (Lipinski definition) is 2. The highest BCUT2D eigenvalue weighted by atomic mass is 16.5. The van der Waals surface area contributed by atoms with E-state index in [4.69, 9.17) is 4.74 Å². The van der Waals surface area contributed by atoms with Crippen LogP contribution in [0.1, 0.15) is 12.8 Å². The molecule has 2 bridgehead atoms. The molecule has 0 aliphatic carbocycles. The first kappa shape index (κ1) is 4.77. The second-order valence-electron chi connectivity index (χ2n) is 2.50. The van der Waals surface area contributed by atoms with Crippen LogP contribution in [0.2, 0.25) is 0 Å². The summed E-state index contributed by atoms with van der Waals surface area (Å²) in [6, 6.07) is 2.06. The summed E-state index contributed by atoms with van der Waals surface area (Å²) in [5.41, 5.74) is 0. The minimum Gasteiger partial charge on any atom is -0.378 e. The van der Waals surface area contributed by atoms with Gasteiger partial charge >= 0.3 is 0 Å². The Morgan fingerprint density at radius 3 is 3.38 bits per heavy atom. The molecule has 2 heterocycles. The molecule has 8 heavy (non-hydrogen) atoms. The van der Waals surface area contributed by atoms with E-state index in [2.05, 4.69) is 5.32 Å². The molecule has 0 amide bonds. The zero-order valence-corrected chi connectivity index (χ0v) is 4.81. The van der Waals surface area contributed by atoms with Gasteiger partial charge in [-0.05, 0) is 12.8 Å². The van der Waals surface area contributed by atoms with Gasteiger partial charge in [-0.1, -0.05) is 0 Å². The molecule has 1 atom stereocenters. The number of morpholine rings is 1. The number of nitrogens with one attached hydrogen (secondary N) is 1. The van der Waals surface area contributed by atoms with Gasteiger partial charge in [0, 0.05) is 6.04 Å². The van der Waals surface area contributed by atoms with Crippen molar-refractivity contribution in [2.24, 2.45) is 0 Å². The van der Waals surface area contributed by atoms with Crippen molar-refractivity contribution in [3.63, 3.8) is 0 Å². The first-order valence-electron chi connectivity index (χ1n) is 3.14. The molecule has 2 fully saturated rings. The molecule has 0 saturated carbocycles. The molecule has 1 radical (unpaired) electrons. The first-order chi connectivity index (χ1) is 3.95. The number of fused-ring (bicyclic) bond motifs is 2. The third kappa shape index (κ3) is 0.644. The lowest BCUT2D eigenvalue weighted by Gasteiger charge is -2.19. The Hall–Kier alpha value is -0.0800. The summed E-state index contributed by atoms with van der Waals surface area (Å²) >= 11 is 0. The average molecular weight is 112 g/mol. The van der Waals surface area contributed by atoms with Crippen molar-refractivity contribution < 1.29 is 4.74 Å². The van der Waals surface area contributed by atoms with Gasteiger partial charge < -0.3 is 10.1 Å². The van der Waals surface area contributed by atoms with Crippen LogP contribution in [0.4, 0.5) is 0 Å². The zero-order chi connectivity index (χ0) is 5.40. The Labute approximate surface area is 49.2 Å². The van der Waals surface area contributed by atoms with Crippen molar-refractivity contribution >= 4 is 0 Å². The Bertz CT molecular complexity index is 80.5. The molecule has 2 aliphatic rings. The predicted molar refractivity (Wildman–Crippen MR) is 30.2 cm³/mol. The summed E-state index contributed by atoms with van der Waals surface area (Å²) in [6.07, 6.45) is 2.53. The number of ether oxygens (including phenoxy) is 1. The van der Waals surface area contributed by atoms with E-state index in [0.717, 1.165) is 13.2 Å². The summed E-state index contributed by atoms with van der Waals surface area (Å²) in [7, 11) is 0. The third-order valence-corrected chi connectivity index (χ3v) is 1.80. The van der Waals surface area contributed by atoms with Crippen LogP contribution >= 0.6 is 0 Å². The van der Waals surface area contributed by atoms with Gasteiger partial charge in [0.05, 0.1) is 19.3 Å². The SMILES string of the molecule is C1C[C@H]2COC[C]1N2. The molecule has 1 N–H and O–H groups in total. The summed E-state index contributed by atoms with van der Waals surface area (Å²) in [5.74, 6) is 0. The standard InChI is InChI=1S/C6H10NO/c1-2-6-4-8-3-5(1)7-6/h5,7H,1-4H2/t5-/m0/s1. The maximum atomic E-state index is 5.26. The number of hydrogen-bond donors (Lipinski definition) is 1. The fourth-order valence-corrected chi connectivity index (χ4v) is 1.34. The molecule has 0 aromatic carbocycles. The molecule has 0 aromatic rings. The lowest BCUT2D eigenvalue weighted by atomic mass is 10.2. The maximum Gasteiger partial charge on any atom is 0.0668 e. The van der Waals surface area contributed by atoms with E-state index in [1.807, 2.05) is 0 Å². The van der Waals surface area contributed by atoms with Gasteiger partial charge in [0.1, 0.15) is 0 Å². The van der Waals surface area contributed by atoms with Crippen LogP contribution in [0.5, 0.6) is 0 Å². The summed E-state index contributed by atoms with van der Waals surface area (Å²) in [6.45, 7) is 1.78. The minimum absolute atomic E-state index is 0.652. The molecule has 2 saturated heterocycles. The smallest absolute Gasteiger partial charge is 0.0668 e. The third-order valence-electron chi connectivity index (χ3n) is 1.80. The summed E-state index contributed by atoms with van der Waals surface area (Å²) < 4.78 is 5.26. The largest absolute Gasteiger partial charge is 0.378 e. The van der Waals surface area contributed by atoms with E-state index in [-0.39, 0.29) is 0 Å². The van der Waals surface area contributed by atoms with Crippen LogP contribution < -0.4 is 5.32 Å². The lowest BCUT2D eigenvalue weighted by molar-refractivity contribution is 0.0992. The van der Waals surface area contributed by atoms with Crippen molar-refractivity contribution in [1.82, 2.24) is 5.32 Å². The molecular weight excluding hydrogens is 102 g/mol. The van der Waals surface area contributed by atoms with Crippen molar-refractivity contribution in [2.45, 2.75) is 18.9 Å². The fraction of sp³-hybridized carbons (Fsp3) is 0.833. The lowest BCUT2D eigenvalue weighted by Crippen LogP contribution is -2.36. The van der Waals surface area contributed by atoms with E-state index >= 15 is 0 Å². The Morgan fingerprint density at radius 1 is 1.62 bits per heavy atom. The van der Waals surface area contributed by atoms with Gasteiger partial charge in [-0.15, -0.1) is 0 Å². The van der Waals surface area contributed by atoms with Gasteiger partial charge in [-0.2, -0.15) is 0 Å². The van der Waals surface area contributed by atoms with Crippen LogP contribution in [-0.4, -0.2) is 19.3 Å². The van der Waals surface area contributed by atoms with Crippen molar-refractivity contribution in [1.29, 1.82) is 0 Å². The van der Waals surface area contributed by atoms with E-state index in [0.29, 0.717) is 6.04 Å². The van der Waals surface area contributed by atoms with E-state index < -0.39 is 0 Å². The van der Waals surface area contributed by atoms with Crippen molar-refractivity contribution in [2.75, 3.05) is 13.2 Å². The Kier molecular flexibility index (Phi) is 1.02. The fourth-order valence-electron chi connectivity index (χ4n) is 1.34. The van der Waals surface area contributed by atoms with Gasteiger partial charge in [0.25, 0.3) is 0 Å². The quantitative estimate of drug-likeness (QED) is 0.486. The topological polar surface area (TPSA) is 21.3 Å². The second kappa shape index (κ2) is 1.71. The van der Waals surface area contributed by atoms with E-state index in [1.54, 1.807) is 0 Å². The molecule has 2 aliphatic heterocycles. The molecule has 0 unspecified atom stereocenters. The van der Waals surface area contributed by atoms with Crippen LogP contribution in [0.25, 0.3) is 0 Å². The molecule has 2 heteroatoms. The monoisotopic (exact) mass is 112 g/mol. The highest BCUT2D eigenvalue weighted by molar-refractivity contribution is 5.00. The van der Waals surface area contributed by atoms with Gasteiger partial charge in [0.2, 0.25) is 0 Å². The first-order valence-corrected chi connectivity index (χ1v) is 3.14. The highest BCUT2D eigenvalue weighted by Crippen LogP contribution is 2.22. The Balaban J connectivity index is 2.03. The van der Waals surface area contributed by atoms with Crippen molar-refractivity contribution in [3.8, 4) is 0 Å². The number of rotatable bonds is 0. The maximum absolute atomic E-state index is 5.26. The molecule has 45 valence electrons. The highest BCUT2D eigenvalue weighted by Gasteiger charge is 2.28. The van der Waals surface area contributed by atoms with Crippen LogP contribution in [0.15, 0.2) is 0 Å². The minimum atomic E-state index is 0.652.